The summed E-state index contributed by atoms with van der Waals surface area (Å²) in [5, 5.41) is 0. The van der Waals surface area contributed by atoms with Gasteiger partial charge in [-0.2, -0.15) is 0 Å². The fourth-order valence-electron chi connectivity index (χ4n) is 3.63. The molecule has 0 N–H and O–H groups in total. The Morgan fingerprint density at radius 1 is 0.628 bits per heavy atom. The molecule has 0 amide bonds. The lowest BCUT2D eigenvalue weighted by molar-refractivity contribution is -0.242. The highest BCUT2D eigenvalue weighted by molar-refractivity contribution is 5.81. The van der Waals surface area contributed by atoms with Crippen molar-refractivity contribution in [3.8, 4) is 0 Å². The number of carbonyl (C=O) groups excluding carboxylic acids is 5. The van der Waals surface area contributed by atoms with Gasteiger partial charge in [-0.05, 0) is 44.9 Å². The predicted octanol–water partition coefficient (Wildman–Crippen LogP) is 3.25. The molecule has 0 aromatic rings. The van der Waals surface area contributed by atoms with Crippen molar-refractivity contribution in [3.63, 3.8) is 0 Å². The van der Waals surface area contributed by atoms with Gasteiger partial charge in [-0.3, -0.25) is 9.59 Å². The third kappa shape index (κ3) is 19.3. The molecule has 1 aliphatic rings. The van der Waals surface area contributed by atoms with Crippen molar-refractivity contribution < 1.29 is 61.9 Å². The van der Waals surface area contributed by atoms with Crippen LogP contribution in [0.15, 0.2) is 38.0 Å². The summed E-state index contributed by atoms with van der Waals surface area (Å²) >= 11 is 0. The Morgan fingerprint density at radius 3 is 1.65 bits per heavy atom. The Hall–Kier alpha value is -3.55. The molecule has 43 heavy (non-hydrogen) atoms. The Labute approximate surface area is 252 Å². The minimum Gasteiger partial charge on any atom is -0.463 e. The minimum atomic E-state index is -0.899. The van der Waals surface area contributed by atoms with Crippen LogP contribution < -0.4 is 0 Å². The summed E-state index contributed by atoms with van der Waals surface area (Å²) < 4.78 is 42.7. The largest absolute Gasteiger partial charge is 0.463 e. The molecule has 13 nitrogen and oxygen atoms in total. The zero-order chi connectivity index (χ0) is 31.7. The van der Waals surface area contributed by atoms with Gasteiger partial charge < -0.3 is 37.9 Å². The van der Waals surface area contributed by atoms with Crippen LogP contribution in [0.2, 0.25) is 0 Å². The molecule has 0 aromatic heterocycles. The van der Waals surface area contributed by atoms with E-state index in [1.54, 1.807) is 0 Å². The highest BCUT2D eigenvalue weighted by Crippen LogP contribution is 2.22. The molecule has 0 bridgehead atoms. The molecule has 1 saturated heterocycles. The van der Waals surface area contributed by atoms with Crippen LogP contribution in [0, 0.1) is 0 Å². The van der Waals surface area contributed by atoms with E-state index in [2.05, 4.69) is 19.7 Å². The molecule has 0 aromatic carbocycles. The highest BCUT2D eigenvalue weighted by atomic mass is 16.7. The van der Waals surface area contributed by atoms with Crippen LogP contribution in [-0.2, 0) is 61.9 Å². The number of unbranched alkanes of at least 4 members (excludes halogenated alkanes) is 4. The van der Waals surface area contributed by atoms with Gasteiger partial charge >= 0.3 is 29.8 Å². The molecule has 1 rings (SSSR count). The number of hydrogen-bond acceptors (Lipinski definition) is 13. The van der Waals surface area contributed by atoms with Gasteiger partial charge in [-0.25, -0.2) is 14.4 Å². The van der Waals surface area contributed by atoms with Crippen LogP contribution in [0.25, 0.3) is 0 Å². The maximum Gasteiger partial charge on any atom is 0.330 e. The van der Waals surface area contributed by atoms with Gasteiger partial charge in [-0.1, -0.05) is 19.7 Å². The number of carbonyl (C=O) groups is 5. The zero-order valence-corrected chi connectivity index (χ0v) is 24.7. The lowest BCUT2D eigenvalue weighted by Crippen LogP contribution is -2.47. The summed E-state index contributed by atoms with van der Waals surface area (Å²) in [4.78, 5) is 57.9. The van der Waals surface area contributed by atoms with Gasteiger partial charge in [0.1, 0.15) is 12.9 Å². The standard InChI is InChI=1S/C30H44O13/c1-4-25(31)37-17-11-7-10-16-36-22-41-23-20-30(43-29(35)15-9-13-19-39-27(33)6-3)40-21-24(23)42-28(34)14-8-12-18-38-26(32)5-2/h4-6,23-24,30H,1-3,7-22H2/t23-,24+,30?/m0/s1. The summed E-state index contributed by atoms with van der Waals surface area (Å²) in [6.07, 6.45) is 5.34. The second-order valence-electron chi connectivity index (χ2n) is 9.34. The summed E-state index contributed by atoms with van der Waals surface area (Å²) in [5.41, 5.74) is 0. The van der Waals surface area contributed by atoms with E-state index in [0.717, 1.165) is 31.1 Å². The normalized spacial score (nSPS) is 17.6. The Balaban J connectivity index is 2.47. The quantitative estimate of drug-likeness (QED) is 0.0514. The third-order valence-corrected chi connectivity index (χ3v) is 5.91. The SMILES string of the molecule is C=CC(=O)OCCCCCOCO[C@H]1CC(OC(=O)CCCCOC(=O)C=C)OC[C@H]1OC(=O)CCCCOC(=O)C=C. The average molecular weight is 613 g/mol. The van der Waals surface area contributed by atoms with Crippen LogP contribution in [0.4, 0.5) is 0 Å². The number of ether oxygens (including phenoxy) is 8. The summed E-state index contributed by atoms with van der Waals surface area (Å²) in [5.74, 6) is -2.46. The van der Waals surface area contributed by atoms with Crippen molar-refractivity contribution in [2.24, 2.45) is 0 Å². The second kappa shape index (κ2) is 24.0. The van der Waals surface area contributed by atoms with Crippen LogP contribution in [0.3, 0.4) is 0 Å². The Morgan fingerprint density at radius 2 is 1.12 bits per heavy atom. The van der Waals surface area contributed by atoms with Crippen LogP contribution in [0.1, 0.15) is 64.2 Å². The van der Waals surface area contributed by atoms with Crippen molar-refractivity contribution >= 4 is 29.8 Å². The first kappa shape index (κ1) is 37.5. The van der Waals surface area contributed by atoms with Crippen molar-refractivity contribution in [2.45, 2.75) is 82.7 Å². The molecule has 1 unspecified atom stereocenters. The van der Waals surface area contributed by atoms with Crippen LogP contribution >= 0.6 is 0 Å². The Kier molecular flexibility index (Phi) is 20.9. The van der Waals surface area contributed by atoms with Gasteiger partial charge in [0.05, 0.1) is 26.4 Å². The fraction of sp³-hybridized carbons (Fsp3) is 0.633. The molecule has 0 spiro atoms. The second-order valence-corrected chi connectivity index (χ2v) is 9.34. The van der Waals surface area contributed by atoms with Gasteiger partial charge in [-0.15, -0.1) is 0 Å². The van der Waals surface area contributed by atoms with E-state index in [-0.39, 0.29) is 45.9 Å². The zero-order valence-electron chi connectivity index (χ0n) is 24.7. The smallest absolute Gasteiger partial charge is 0.330 e. The van der Waals surface area contributed by atoms with Gasteiger partial charge in [0.15, 0.2) is 6.10 Å². The molecule has 0 saturated carbocycles. The van der Waals surface area contributed by atoms with E-state index in [0.29, 0.717) is 45.3 Å². The minimum absolute atomic E-state index is 0.0494. The van der Waals surface area contributed by atoms with Crippen LogP contribution in [-0.4, -0.2) is 88.2 Å². The first-order valence-corrected chi connectivity index (χ1v) is 14.4. The summed E-state index contributed by atoms with van der Waals surface area (Å²) in [6.45, 7) is 10.9. The van der Waals surface area contributed by atoms with E-state index in [9.17, 15) is 24.0 Å². The monoisotopic (exact) mass is 612 g/mol. The molecule has 13 heteroatoms. The molecule has 0 radical (unpaired) electrons. The number of esters is 5. The van der Waals surface area contributed by atoms with E-state index in [1.165, 1.54) is 0 Å². The van der Waals surface area contributed by atoms with E-state index in [4.69, 9.17) is 37.9 Å². The molecule has 1 fully saturated rings. The molecular weight excluding hydrogens is 568 g/mol. The summed E-state index contributed by atoms with van der Waals surface area (Å²) in [6, 6.07) is 0. The highest BCUT2D eigenvalue weighted by Gasteiger charge is 2.36. The molecular formula is C30H44O13. The van der Waals surface area contributed by atoms with E-state index >= 15 is 0 Å². The molecule has 1 heterocycles. The summed E-state index contributed by atoms with van der Waals surface area (Å²) in [7, 11) is 0. The van der Waals surface area contributed by atoms with Crippen molar-refractivity contribution in [1.29, 1.82) is 0 Å². The van der Waals surface area contributed by atoms with Crippen molar-refractivity contribution in [1.82, 2.24) is 0 Å². The molecule has 242 valence electrons. The fourth-order valence-corrected chi connectivity index (χ4v) is 3.63. The first-order valence-electron chi connectivity index (χ1n) is 14.4. The van der Waals surface area contributed by atoms with Gasteiger partial charge in [0.2, 0.25) is 6.29 Å². The van der Waals surface area contributed by atoms with Gasteiger partial charge in [0, 0.05) is 44.1 Å². The van der Waals surface area contributed by atoms with E-state index in [1.807, 2.05) is 0 Å². The first-order chi connectivity index (χ1) is 20.8. The lowest BCUT2D eigenvalue weighted by atomic mass is 10.1. The van der Waals surface area contributed by atoms with Crippen molar-refractivity contribution in [3.05, 3.63) is 38.0 Å². The molecule has 0 aliphatic carbocycles. The predicted molar refractivity (Wildman–Crippen MR) is 151 cm³/mol. The number of hydrogen-bond donors (Lipinski definition) is 0. The average Bonchev–Trinajstić information content (AvgIpc) is 3.00. The Bertz CT molecular complexity index is 900. The molecule has 3 atom stereocenters. The topological polar surface area (TPSA) is 159 Å². The van der Waals surface area contributed by atoms with Crippen LogP contribution in [0.5, 0.6) is 0 Å². The van der Waals surface area contributed by atoms with Gasteiger partial charge in [0.25, 0.3) is 0 Å². The maximum atomic E-state index is 12.4. The molecule has 1 aliphatic heterocycles. The lowest BCUT2D eigenvalue weighted by Gasteiger charge is -2.35. The van der Waals surface area contributed by atoms with Crippen molar-refractivity contribution in [2.75, 3.05) is 39.8 Å². The number of rotatable bonds is 24. The maximum absolute atomic E-state index is 12.4. The third-order valence-electron chi connectivity index (χ3n) is 5.91. The van der Waals surface area contributed by atoms with E-state index < -0.39 is 48.3 Å².